The summed E-state index contributed by atoms with van der Waals surface area (Å²) in [5.41, 5.74) is 2.34. The van der Waals surface area contributed by atoms with E-state index in [1.165, 1.54) is 37.9 Å². The fourth-order valence-electron chi connectivity index (χ4n) is 4.10. The second-order valence-electron chi connectivity index (χ2n) is 8.81. The number of nitrogens with one attached hydrogen (secondary N) is 2. The van der Waals surface area contributed by atoms with Gasteiger partial charge in [0, 0.05) is 31.2 Å². The van der Waals surface area contributed by atoms with Crippen LogP contribution in [0.25, 0.3) is 0 Å². The van der Waals surface area contributed by atoms with Crippen LogP contribution in [-0.4, -0.2) is 63.9 Å². The Morgan fingerprint density at radius 1 is 1.20 bits per heavy atom. The molecule has 30 heavy (non-hydrogen) atoms. The summed E-state index contributed by atoms with van der Waals surface area (Å²) in [5.74, 6) is 3.17. The summed E-state index contributed by atoms with van der Waals surface area (Å²) in [6.45, 7) is 11.5. The van der Waals surface area contributed by atoms with Gasteiger partial charge >= 0.3 is 0 Å². The molecule has 0 spiro atoms. The van der Waals surface area contributed by atoms with Crippen molar-refractivity contribution in [3.05, 3.63) is 29.3 Å². The first-order valence-electron chi connectivity index (χ1n) is 11.6. The van der Waals surface area contributed by atoms with Crippen LogP contribution in [0.15, 0.2) is 23.2 Å². The Balaban J connectivity index is 1.52. The standard InChI is InChI=1S/C24H40N4O2/c1-4-25-24(26-11-7-20-8-12-28(3)13-9-20)27-16-22-6-5-19(2)15-23(22)30-18-21-10-14-29-17-21/h5-6,15,20-21H,4,7-14,16-18H2,1-3H3,(H2,25,26,27). The minimum atomic E-state index is 0.500. The van der Waals surface area contributed by atoms with Crippen LogP contribution in [0.2, 0.25) is 0 Å². The predicted molar refractivity (Wildman–Crippen MR) is 123 cm³/mol. The first-order valence-corrected chi connectivity index (χ1v) is 11.6. The molecule has 2 aliphatic heterocycles. The smallest absolute Gasteiger partial charge is 0.191 e. The largest absolute Gasteiger partial charge is 0.493 e. The molecule has 1 aromatic rings. The highest BCUT2D eigenvalue weighted by molar-refractivity contribution is 5.79. The van der Waals surface area contributed by atoms with Gasteiger partial charge in [-0.3, -0.25) is 0 Å². The normalized spacial score (nSPS) is 21.0. The number of likely N-dealkylation sites (tertiary alicyclic amines) is 1. The number of rotatable bonds is 9. The molecule has 1 unspecified atom stereocenters. The summed E-state index contributed by atoms with van der Waals surface area (Å²) in [7, 11) is 2.22. The molecular weight excluding hydrogens is 376 g/mol. The molecule has 2 fully saturated rings. The highest BCUT2D eigenvalue weighted by atomic mass is 16.5. The van der Waals surface area contributed by atoms with Crippen LogP contribution in [-0.2, 0) is 11.3 Å². The average Bonchev–Trinajstić information content (AvgIpc) is 3.26. The van der Waals surface area contributed by atoms with Crippen molar-refractivity contribution in [1.82, 2.24) is 15.5 Å². The van der Waals surface area contributed by atoms with E-state index < -0.39 is 0 Å². The SMILES string of the molecule is CCNC(=NCc1ccc(C)cc1OCC1CCOC1)NCCC1CCN(C)CC1. The molecule has 2 heterocycles. The van der Waals surface area contributed by atoms with Crippen LogP contribution in [0.5, 0.6) is 5.75 Å². The van der Waals surface area contributed by atoms with Crippen molar-refractivity contribution in [3.8, 4) is 5.75 Å². The van der Waals surface area contributed by atoms with Crippen molar-refractivity contribution < 1.29 is 9.47 Å². The highest BCUT2D eigenvalue weighted by Gasteiger charge is 2.18. The number of ether oxygens (including phenoxy) is 2. The lowest BCUT2D eigenvalue weighted by Crippen LogP contribution is -2.39. The quantitative estimate of drug-likeness (QED) is 0.478. The van der Waals surface area contributed by atoms with E-state index in [0.29, 0.717) is 12.5 Å². The second kappa shape index (κ2) is 12.2. The molecule has 0 aliphatic carbocycles. The number of aliphatic imine (C=N–C) groups is 1. The third-order valence-electron chi connectivity index (χ3n) is 6.16. The van der Waals surface area contributed by atoms with Crippen LogP contribution in [0.1, 0.15) is 43.7 Å². The monoisotopic (exact) mass is 416 g/mol. The molecule has 3 rings (SSSR count). The van der Waals surface area contributed by atoms with E-state index in [9.17, 15) is 0 Å². The molecule has 2 aliphatic rings. The molecule has 2 saturated heterocycles. The van der Waals surface area contributed by atoms with Crippen molar-refractivity contribution in [3.63, 3.8) is 0 Å². The van der Waals surface area contributed by atoms with E-state index in [4.69, 9.17) is 14.5 Å². The predicted octanol–water partition coefficient (Wildman–Crippen LogP) is 3.20. The summed E-state index contributed by atoms with van der Waals surface area (Å²) in [6.07, 6.45) is 4.91. The Morgan fingerprint density at radius 2 is 2.03 bits per heavy atom. The van der Waals surface area contributed by atoms with Crippen LogP contribution < -0.4 is 15.4 Å². The minimum absolute atomic E-state index is 0.500. The van der Waals surface area contributed by atoms with Gasteiger partial charge in [-0.1, -0.05) is 12.1 Å². The topological polar surface area (TPSA) is 58.1 Å². The number of piperidine rings is 1. The van der Waals surface area contributed by atoms with Gasteiger partial charge in [-0.25, -0.2) is 4.99 Å². The van der Waals surface area contributed by atoms with Gasteiger partial charge in [-0.05, 0) is 77.2 Å². The van der Waals surface area contributed by atoms with Crippen molar-refractivity contribution in [2.24, 2.45) is 16.8 Å². The number of nitrogens with zero attached hydrogens (tertiary/aromatic N) is 2. The Hall–Kier alpha value is -1.79. The Morgan fingerprint density at radius 3 is 2.77 bits per heavy atom. The summed E-state index contributed by atoms with van der Waals surface area (Å²) >= 11 is 0. The minimum Gasteiger partial charge on any atom is -0.493 e. The van der Waals surface area contributed by atoms with E-state index in [2.05, 4.69) is 54.6 Å². The molecule has 2 N–H and O–H groups in total. The maximum atomic E-state index is 6.17. The van der Waals surface area contributed by atoms with Gasteiger partial charge in [0.2, 0.25) is 0 Å². The van der Waals surface area contributed by atoms with Crippen molar-refractivity contribution >= 4 is 5.96 Å². The number of benzene rings is 1. The van der Waals surface area contributed by atoms with Gasteiger partial charge in [-0.15, -0.1) is 0 Å². The molecule has 168 valence electrons. The maximum absolute atomic E-state index is 6.17. The van der Waals surface area contributed by atoms with Crippen LogP contribution >= 0.6 is 0 Å². The molecule has 1 atom stereocenters. The van der Waals surface area contributed by atoms with Gasteiger partial charge in [0.25, 0.3) is 0 Å². The van der Waals surface area contributed by atoms with Crippen molar-refractivity contribution in [2.75, 3.05) is 53.0 Å². The van der Waals surface area contributed by atoms with Crippen molar-refractivity contribution in [1.29, 1.82) is 0 Å². The highest BCUT2D eigenvalue weighted by Crippen LogP contribution is 2.23. The fourth-order valence-corrected chi connectivity index (χ4v) is 4.10. The van der Waals surface area contributed by atoms with Gasteiger partial charge in [0.15, 0.2) is 5.96 Å². The number of aryl methyl sites for hydroxylation is 1. The third kappa shape index (κ3) is 7.47. The number of hydrogen-bond donors (Lipinski definition) is 2. The second-order valence-corrected chi connectivity index (χ2v) is 8.81. The first-order chi connectivity index (χ1) is 14.6. The zero-order valence-electron chi connectivity index (χ0n) is 19.1. The lowest BCUT2D eigenvalue weighted by molar-refractivity contribution is 0.166. The van der Waals surface area contributed by atoms with Crippen LogP contribution in [0, 0.1) is 18.8 Å². The van der Waals surface area contributed by atoms with Crippen molar-refractivity contribution in [2.45, 2.75) is 46.1 Å². The molecular formula is C24H40N4O2. The van der Waals surface area contributed by atoms with E-state index in [0.717, 1.165) is 62.5 Å². The van der Waals surface area contributed by atoms with E-state index >= 15 is 0 Å². The average molecular weight is 417 g/mol. The molecule has 0 bridgehead atoms. The lowest BCUT2D eigenvalue weighted by Gasteiger charge is -2.29. The lowest BCUT2D eigenvalue weighted by atomic mass is 9.94. The third-order valence-corrected chi connectivity index (χ3v) is 6.16. The maximum Gasteiger partial charge on any atom is 0.191 e. The molecule has 0 saturated carbocycles. The van der Waals surface area contributed by atoms with Gasteiger partial charge in [-0.2, -0.15) is 0 Å². The summed E-state index contributed by atoms with van der Waals surface area (Å²) in [6, 6.07) is 6.40. The van der Waals surface area contributed by atoms with E-state index in [-0.39, 0.29) is 0 Å². The molecule has 6 nitrogen and oxygen atoms in total. The summed E-state index contributed by atoms with van der Waals surface area (Å²) < 4.78 is 11.6. The number of hydrogen-bond acceptors (Lipinski definition) is 4. The summed E-state index contributed by atoms with van der Waals surface area (Å²) in [4.78, 5) is 7.26. The fraction of sp³-hybridized carbons (Fsp3) is 0.708. The molecule has 1 aromatic carbocycles. The van der Waals surface area contributed by atoms with Crippen LogP contribution in [0.4, 0.5) is 0 Å². The van der Waals surface area contributed by atoms with Gasteiger partial charge < -0.3 is 25.0 Å². The zero-order chi connectivity index (χ0) is 21.2. The molecule has 0 radical (unpaired) electrons. The number of guanidine groups is 1. The summed E-state index contributed by atoms with van der Waals surface area (Å²) in [5, 5.41) is 6.90. The Labute approximate surface area is 182 Å². The zero-order valence-corrected chi connectivity index (χ0v) is 19.1. The first kappa shape index (κ1) is 22.9. The van der Waals surface area contributed by atoms with Gasteiger partial charge in [0.05, 0.1) is 19.8 Å². The Bertz CT molecular complexity index is 665. The van der Waals surface area contributed by atoms with E-state index in [1.807, 2.05) is 0 Å². The molecule has 0 amide bonds. The molecule has 6 heteroatoms. The van der Waals surface area contributed by atoms with Crippen LogP contribution in [0.3, 0.4) is 0 Å². The Kier molecular flexibility index (Phi) is 9.27. The molecule has 0 aromatic heterocycles. The van der Waals surface area contributed by atoms with Gasteiger partial charge in [0.1, 0.15) is 5.75 Å². The van der Waals surface area contributed by atoms with E-state index in [1.54, 1.807) is 0 Å².